The Balaban J connectivity index is 1.91. The Labute approximate surface area is 97.4 Å². The van der Waals surface area contributed by atoms with Crippen LogP contribution in [0.5, 0.6) is 0 Å². The van der Waals surface area contributed by atoms with Crippen LogP contribution in [0.1, 0.15) is 12.8 Å². The van der Waals surface area contributed by atoms with E-state index in [9.17, 15) is 9.59 Å². The Bertz CT molecular complexity index is 423. The van der Waals surface area contributed by atoms with E-state index >= 15 is 0 Å². The largest absolute Gasteiger partial charge is 0.480 e. The van der Waals surface area contributed by atoms with Gasteiger partial charge in [-0.25, -0.2) is 0 Å². The van der Waals surface area contributed by atoms with Gasteiger partial charge in [-0.1, -0.05) is 0 Å². The molecule has 2 N–H and O–H groups in total. The summed E-state index contributed by atoms with van der Waals surface area (Å²) in [5.41, 5.74) is 0.478. The molecule has 92 valence electrons. The average molecular weight is 239 g/mol. The lowest BCUT2D eigenvalue weighted by Gasteiger charge is -2.08. The average Bonchev–Trinajstić information content (AvgIpc) is 2.87. The van der Waals surface area contributed by atoms with Crippen LogP contribution >= 0.6 is 0 Å². The van der Waals surface area contributed by atoms with E-state index in [1.54, 1.807) is 0 Å². The number of ether oxygens (including phenoxy) is 1. The summed E-state index contributed by atoms with van der Waals surface area (Å²) in [5, 5.41) is 15.0. The lowest BCUT2D eigenvalue weighted by atomic mass is 10.2. The van der Waals surface area contributed by atoms with E-state index in [1.807, 2.05) is 0 Å². The first kappa shape index (κ1) is 11.6. The summed E-state index contributed by atoms with van der Waals surface area (Å²) in [6, 6.07) is 0. The van der Waals surface area contributed by atoms with Crippen LogP contribution in [0.15, 0.2) is 12.4 Å². The molecule has 1 aliphatic rings. The lowest BCUT2D eigenvalue weighted by molar-refractivity contribution is -0.137. The van der Waals surface area contributed by atoms with Crippen molar-refractivity contribution in [2.45, 2.75) is 25.5 Å². The van der Waals surface area contributed by atoms with Gasteiger partial charge in [-0.05, 0) is 12.8 Å². The molecule has 1 fully saturated rings. The number of carboxylic acids is 1. The van der Waals surface area contributed by atoms with Gasteiger partial charge >= 0.3 is 5.97 Å². The van der Waals surface area contributed by atoms with Gasteiger partial charge < -0.3 is 15.2 Å². The SMILES string of the molecule is O=C(O)Cn1cc(NC(=O)[C@H]2CCCO2)cn1. The maximum atomic E-state index is 11.7. The zero-order valence-corrected chi connectivity index (χ0v) is 9.13. The third-order valence-corrected chi connectivity index (χ3v) is 2.42. The Morgan fingerprint density at radius 3 is 3.12 bits per heavy atom. The normalized spacial score (nSPS) is 19.2. The van der Waals surface area contributed by atoms with E-state index in [1.165, 1.54) is 17.1 Å². The maximum absolute atomic E-state index is 11.7. The number of aliphatic carboxylic acids is 1. The molecule has 1 saturated heterocycles. The van der Waals surface area contributed by atoms with Gasteiger partial charge in [0, 0.05) is 12.8 Å². The maximum Gasteiger partial charge on any atom is 0.325 e. The molecule has 1 aromatic heterocycles. The second-order valence-corrected chi connectivity index (χ2v) is 3.81. The fourth-order valence-electron chi connectivity index (χ4n) is 1.66. The molecule has 17 heavy (non-hydrogen) atoms. The highest BCUT2D eigenvalue weighted by Gasteiger charge is 2.23. The first-order chi connectivity index (χ1) is 8.15. The summed E-state index contributed by atoms with van der Waals surface area (Å²) in [7, 11) is 0. The van der Waals surface area contributed by atoms with E-state index < -0.39 is 12.1 Å². The van der Waals surface area contributed by atoms with E-state index in [0.717, 1.165) is 12.8 Å². The Morgan fingerprint density at radius 2 is 2.47 bits per heavy atom. The minimum Gasteiger partial charge on any atom is -0.480 e. The number of amides is 1. The van der Waals surface area contributed by atoms with Crippen molar-refractivity contribution in [3.8, 4) is 0 Å². The van der Waals surface area contributed by atoms with Crippen molar-refractivity contribution in [1.82, 2.24) is 9.78 Å². The second-order valence-electron chi connectivity index (χ2n) is 3.81. The predicted molar refractivity (Wildman–Crippen MR) is 57.5 cm³/mol. The summed E-state index contributed by atoms with van der Waals surface area (Å²) in [5.74, 6) is -1.19. The molecule has 1 aromatic rings. The van der Waals surface area contributed by atoms with Gasteiger partial charge in [-0.15, -0.1) is 0 Å². The molecular weight excluding hydrogens is 226 g/mol. The molecule has 2 rings (SSSR count). The topological polar surface area (TPSA) is 93.5 Å². The number of carbonyl (C=O) groups excluding carboxylic acids is 1. The highest BCUT2D eigenvalue weighted by atomic mass is 16.5. The molecular formula is C10H13N3O4. The number of carbonyl (C=O) groups is 2. The van der Waals surface area contributed by atoms with Crippen molar-refractivity contribution in [1.29, 1.82) is 0 Å². The van der Waals surface area contributed by atoms with Crippen LogP contribution in [0, 0.1) is 0 Å². The van der Waals surface area contributed by atoms with Crippen molar-refractivity contribution in [3.63, 3.8) is 0 Å². The summed E-state index contributed by atoms with van der Waals surface area (Å²) >= 11 is 0. The van der Waals surface area contributed by atoms with Gasteiger partial charge in [0.05, 0.1) is 11.9 Å². The number of hydrogen-bond donors (Lipinski definition) is 2. The summed E-state index contributed by atoms with van der Waals surface area (Å²) < 4.78 is 6.47. The highest BCUT2D eigenvalue weighted by molar-refractivity contribution is 5.94. The molecule has 0 saturated carbocycles. The smallest absolute Gasteiger partial charge is 0.325 e. The van der Waals surface area contributed by atoms with Crippen molar-refractivity contribution >= 4 is 17.6 Å². The number of nitrogens with one attached hydrogen (secondary N) is 1. The first-order valence-electron chi connectivity index (χ1n) is 5.32. The van der Waals surface area contributed by atoms with Crippen LogP contribution in [0.3, 0.4) is 0 Å². The van der Waals surface area contributed by atoms with Gasteiger partial charge in [-0.2, -0.15) is 5.10 Å². The van der Waals surface area contributed by atoms with Crippen LogP contribution < -0.4 is 5.32 Å². The molecule has 0 unspecified atom stereocenters. The summed E-state index contributed by atoms with van der Waals surface area (Å²) in [6.45, 7) is 0.381. The van der Waals surface area contributed by atoms with Crippen molar-refractivity contribution < 1.29 is 19.4 Å². The van der Waals surface area contributed by atoms with Crippen molar-refractivity contribution in [3.05, 3.63) is 12.4 Å². The molecule has 7 nitrogen and oxygen atoms in total. The number of rotatable bonds is 4. The zero-order chi connectivity index (χ0) is 12.3. The molecule has 1 atom stereocenters. The molecule has 2 heterocycles. The van der Waals surface area contributed by atoms with Gasteiger partial charge in [-0.3, -0.25) is 14.3 Å². The Hall–Kier alpha value is -1.89. The molecule has 7 heteroatoms. The molecule has 0 aliphatic carbocycles. The standard InChI is InChI=1S/C10H13N3O4/c14-9(15)6-13-5-7(4-11-13)12-10(16)8-2-1-3-17-8/h4-5,8H,1-3,6H2,(H,12,16)(H,14,15)/t8-/m1/s1. The van der Waals surface area contributed by atoms with Crippen LogP contribution in [0.2, 0.25) is 0 Å². The molecule has 0 bridgehead atoms. The van der Waals surface area contributed by atoms with E-state index in [4.69, 9.17) is 9.84 Å². The molecule has 0 radical (unpaired) electrons. The van der Waals surface area contributed by atoms with Gasteiger partial charge in [0.2, 0.25) is 0 Å². The first-order valence-corrected chi connectivity index (χ1v) is 5.32. The third-order valence-electron chi connectivity index (χ3n) is 2.42. The van der Waals surface area contributed by atoms with E-state index in [2.05, 4.69) is 10.4 Å². The molecule has 0 aromatic carbocycles. The van der Waals surface area contributed by atoms with Crippen LogP contribution in [0.25, 0.3) is 0 Å². The summed E-state index contributed by atoms with van der Waals surface area (Å²) in [6.07, 6.45) is 4.08. The predicted octanol–water partition coefficient (Wildman–Crippen LogP) is 0.0852. The van der Waals surface area contributed by atoms with Crippen molar-refractivity contribution in [2.75, 3.05) is 11.9 Å². The lowest BCUT2D eigenvalue weighted by Crippen LogP contribution is -2.26. The van der Waals surface area contributed by atoms with Crippen molar-refractivity contribution in [2.24, 2.45) is 0 Å². The number of aromatic nitrogens is 2. The monoisotopic (exact) mass is 239 g/mol. The van der Waals surface area contributed by atoms with E-state index in [0.29, 0.717) is 12.3 Å². The zero-order valence-electron chi connectivity index (χ0n) is 9.13. The van der Waals surface area contributed by atoms with Gasteiger partial charge in [0.1, 0.15) is 12.6 Å². The van der Waals surface area contributed by atoms with E-state index in [-0.39, 0.29) is 12.5 Å². The number of anilines is 1. The minimum absolute atomic E-state index is 0.211. The molecule has 1 aliphatic heterocycles. The minimum atomic E-state index is -0.981. The van der Waals surface area contributed by atoms with Crippen LogP contribution in [-0.4, -0.2) is 39.5 Å². The fourth-order valence-corrected chi connectivity index (χ4v) is 1.66. The number of carboxylic acid groups (broad SMARTS) is 1. The fraction of sp³-hybridized carbons (Fsp3) is 0.500. The van der Waals surface area contributed by atoms with Gasteiger partial charge in [0.25, 0.3) is 5.91 Å². The second kappa shape index (κ2) is 4.96. The quantitative estimate of drug-likeness (QED) is 0.776. The number of nitrogens with zero attached hydrogens (tertiary/aromatic N) is 2. The van der Waals surface area contributed by atoms with Gasteiger partial charge in [0.15, 0.2) is 0 Å². The van der Waals surface area contributed by atoms with Crippen LogP contribution in [0.4, 0.5) is 5.69 Å². The summed E-state index contributed by atoms with van der Waals surface area (Å²) in [4.78, 5) is 22.1. The van der Waals surface area contributed by atoms with Crippen LogP contribution in [-0.2, 0) is 20.9 Å². The Morgan fingerprint density at radius 1 is 1.65 bits per heavy atom. The molecule has 1 amide bonds. The highest BCUT2D eigenvalue weighted by Crippen LogP contribution is 2.14. The Kier molecular flexibility index (Phi) is 3.38. The third kappa shape index (κ3) is 3.04. The number of hydrogen-bond acceptors (Lipinski definition) is 4. The molecule has 0 spiro atoms.